The molecule has 0 aromatic heterocycles. The second-order valence-electron chi connectivity index (χ2n) is 11.1. The van der Waals surface area contributed by atoms with E-state index in [-0.39, 0.29) is 0 Å². The molecule has 0 bridgehead atoms. The molecule has 0 spiro atoms. The van der Waals surface area contributed by atoms with Crippen molar-refractivity contribution >= 4 is 0 Å². The first-order valence-corrected chi connectivity index (χ1v) is 13.8. The summed E-state index contributed by atoms with van der Waals surface area (Å²) >= 11 is 0. The van der Waals surface area contributed by atoms with Gasteiger partial charge in [-0.2, -0.15) is 0 Å². The molecule has 1 rings (SSSR count). The molecule has 174 valence electrons. The second kappa shape index (κ2) is 16.6. The Morgan fingerprint density at radius 2 is 1.17 bits per heavy atom. The standard InChI is InChI=1S/C28H57N/c1-5-7-9-11-13-16-20-25-24-27(25)28(3,4)23-19-15-14-18-22-26(29)21-17-12-10-8-6-2/h25-27H,5-24,29H2,1-4H3/t25-,26?,27+/m1/s1. The highest BCUT2D eigenvalue weighted by molar-refractivity contribution is 4.95. The topological polar surface area (TPSA) is 26.0 Å². The smallest absolute Gasteiger partial charge is 0.00388 e. The molecule has 1 heteroatoms. The number of unbranched alkanes of at least 4 members (excludes halogenated alkanes) is 12. The summed E-state index contributed by atoms with van der Waals surface area (Å²) in [6.45, 7) is 9.69. The van der Waals surface area contributed by atoms with Crippen molar-refractivity contribution in [3.05, 3.63) is 0 Å². The quantitative estimate of drug-likeness (QED) is 0.188. The fraction of sp³-hybridized carbons (Fsp3) is 1.00. The molecular formula is C28H57N. The minimum Gasteiger partial charge on any atom is -0.328 e. The highest BCUT2D eigenvalue weighted by Gasteiger charge is 2.46. The molecule has 0 amide bonds. The zero-order chi connectivity index (χ0) is 21.4. The van der Waals surface area contributed by atoms with Gasteiger partial charge in [0, 0.05) is 6.04 Å². The van der Waals surface area contributed by atoms with E-state index in [9.17, 15) is 0 Å². The van der Waals surface area contributed by atoms with Gasteiger partial charge in [0.2, 0.25) is 0 Å². The fourth-order valence-corrected chi connectivity index (χ4v) is 5.39. The van der Waals surface area contributed by atoms with E-state index in [0.717, 1.165) is 11.8 Å². The molecule has 0 radical (unpaired) electrons. The second-order valence-corrected chi connectivity index (χ2v) is 11.1. The van der Waals surface area contributed by atoms with E-state index in [0.29, 0.717) is 11.5 Å². The summed E-state index contributed by atoms with van der Waals surface area (Å²) in [5, 5.41) is 0. The lowest BCUT2D eigenvalue weighted by molar-refractivity contribution is 0.253. The van der Waals surface area contributed by atoms with Gasteiger partial charge in [-0.05, 0) is 42.9 Å². The van der Waals surface area contributed by atoms with Gasteiger partial charge in [-0.1, -0.05) is 130 Å². The van der Waals surface area contributed by atoms with Crippen LogP contribution in [0.3, 0.4) is 0 Å². The third-order valence-corrected chi connectivity index (χ3v) is 7.68. The van der Waals surface area contributed by atoms with Crippen LogP contribution in [0.5, 0.6) is 0 Å². The summed E-state index contributed by atoms with van der Waals surface area (Å²) in [4.78, 5) is 0. The van der Waals surface area contributed by atoms with Gasteiger partial charge in [0.05, 0.1) is 0 Å². The van der Waals surface area contributed by atoms with Crippen LogP contribution in [0, 0.1) is 17.3 Å². The Morgan fingerprint density at radius 3 is 1.76 bits per heavy atom. The molecular weight excluding hydrogens is 350 g/mol. The first kappa shape index (κ1) is 27.0. The monoisotopic (exact) mass is 407 g/mol. The van der Waals surface area contributed by atoms with E-state index >= 15 is 0 Å². The number of hydrogen-bond acceptors (Lipinski definition) is 1. The maximum absolute atomic E-state index is 6.31. The Balaban J connectivity index is 1.94. The van der Waals surface area contributed by atoms with Crippen molar-refractivity contribution in [1.29, 1.82) is 0 Å². The highest BCUT2D eigenvalue weighted by atomic mass is 14.6. The van der Waals surface area contributed by atoms with Crippen LogP contribution in [0.2, 0.25) is 0 Å². The summed E-state index contributed by atoms with van der Waals surface area (Å²) in [5.74, 6) is 2.09. The van der Waals surface area contributed by atoms with Crippen molar-refractivity contribution in [1.82, 2.24) is 0 Å². The summed E-state index contributed by atoms with van der Waals surface area (Å²) in [7, 11) is 0. The van der Waals surface area contributed by atoms with E-state index in [2.05, 4.69) is 27.7 Å². The molecule has 0 heterocycles. The van der Waals surface area contributed by atoms with Crippen molar-refractivity contribution in [2.45, 2.75) is 162 Å². The predicted molar refractivity (Wildman–Crippen MR) is 132 cm³/mol. The van der Waals surface area contributed by atoms with E-state index < -0.39 is 0 Å². The SMILES string of the molecule is CCCCCCCC[C@@H]1C[C@@H]1C(C)(C)CCCCCCC(N)CCCCCCC. The minimum atomic E-state index is 0.460. The lowest BCUT2D eigenvalue weighted by atomic mass is 9.80. The molecule has 1 aliphatic rings. The van der Waals surface area contributed by atoms with Crippen LogP contribution in [0.15, 0.2) is 0 Å². The van der Waals surface area contributed by atoms with E-state index in [1.54, 1.807) is 0 Å². The van der Waals surface area contributed by atoms with Gasteiger partial charge in [0.15, 0.2) is 0 Å². The zero-order valence-electron chi connectivity index (χ0n) is 21.0. The van der Waals surface area contributed by atoms with E-state index in [1.165, 1.54) is 128 Å². The Labute approximate surface area is 185 Å². The third-order valence-electron chi connectivity index (χ3n) is 7.68. The fourth-order valence-electron chi connectivity index (χ4n) is 5.39. The Hall–Kier alpha value is -0.0400. The third kappa shape index (κ3) is 13.8. The Kier molecular flexibility index (Phi) is 15.5. The van der Waals surface area contributed by atoms with Gasteiger partial charge < -0.3 is 5.73 Å². The molecule has 0 saturated heterocycles. The van der Waals surface area contributed by atoms with Crippen molar-refractivity contribution < 1.29 is 0 Å². The first-order chi connectivity index (χ1) is 14.0. The van der Waals surface area contributed by atoms with Crippen LogP contribution in [-0.4, -0.2) is 6.04 Å². The van der Waals surface area contributed by atoms with Gasteiger partial charge in [0.1, 0.15) is 0 Å². The Bertz CT molecular complexity index is 361. The van der Waals surface area contributed by atoms with Crippen molar-refractivity contribution in [2.75, 3.05) is 0 Å². The molecule has 2 N–H and O–H groups in total. The van der Waals surface area contributed by atoms with E-state index in [4.69, 9.17) is 5.73 Å². The van der Waals surface area contributed by atoms with Crippen LogP contribution in [0.4, 0.5) is 0 Å². The number of rotatable bonds is 21. The molecule has 0 aromatic rings. The van der Waals surface area contributed by atoms with Crippen LogP contribution in [-0.2, 0) is 0 Å². The predicted octanol–water partition coefficient (Wildman–Crippen LogP) is 9.43. The van der Waals surface area contributed by atoms with Crippen molar-refractivity contribution in [3.63, 3.8) is 0 Å². The molecule has 29 heavy (non-hydrogen) atoms. The Morgan fingerprint density at radius 1 is 0.690 bits per heavy atom. The average molecular weight is 408 g/mol. The van der Waals surface area contributed by atoms with Crippen LogP contribution >= 0.6 is 0 Å². The normalized spacial score (nSPS) is 20.2. The number of nitrogens with two attached hydrogens (primary N) is 1. The molecule has 1 unspecified atom stereocenters. The highest BCUT2D eigenvalue weighted by Crippen LogP contribution is 2.55. The maximum atomic E-state index is 6.31. The molecule has 1 aliphatic carbocycles. The van der Waals surface area contributed by atoms with Gasteiger partial charge >= 0.3 is 0 Å². The van der Waals surface area contributed by atoms with Gasteiger partial charge in [-0.3, -0.25) is 0 Å². The largest absolute Gasteiger partial charge is 0.328 e. The first-order valence-electron chi connectivity index (χ1n) is 13.8. The van der Waals surface area contributed by atoms with E-state index in [1.807, 2.05) is 0 Å². The average Bonchev–Trinajstić information content (AvgIpc) is 3.48. The summed E-state index contributed by atoms with van der Waals surface area (Å²) in [6.07, 6.45) is 28.1. The molecule has 1 saturated carbocycles. The molecule has 1 fully saturated rings. The molecule has 0 aromatic carbocycles. The summed E-state index contributed by atoms with van der Waals surface area (Å²) in [5.41, 5.74) is 6.89. The van der Waals surface area contributed by atoms with Gasteiger partial charge in [-0.15, -0.1) is 0 Å². The van der Waals surface area contributed by atoms with Crippen molar-refractivity contribution in [3.8, 4) is 0 Å². The van der Waals surface area contributed by atoms with Crippen molar-refractivity contribution in [2.24, 2.45) is 23.0 Å². The molecule has 0 aliphatic heterocycles. The minimum absolute atomic E-state index is 0.460. The number of hydrogen-bond donors (Lipinski definition) is 1. The zero-order valence-corrected chi connectivity index (χ0v) is 21.0. The summed E-state index contributed by atoms with van der Waals surface area (Å²) in [6, 6.07) is 0.460. The van der Waals surface area contributed by atoms with Crippen LogP contribution in [0.25, 0.3) is 0 Å². The maximum Gasteiger partial charge on any atom is 0.00388 e. The molecule has 1 nitrogen and oxygen atoms in total. The lowest BCUT2D eigenvalue weighted by Gasteiger charge is -2.25. The van der Waals surface area contributed by atoms with Crippen LogP contribution < -0.4 is 5.73 Å². The van der Waals surface area contributed by atoms with Gasteiger partial charge in [-0.25, -0.2) is 0 Å². The summed E-state index contributed by atoms with van der Waals surface area (Å²) < 4.78 is 0. The lowest BCUT2D eigenvalue weighted by Crippen LogP contribution is -2.19. The van der Waals surface area contributed by atoms with Gasteiger partial charge in [0.25, 0.3) is 0 Å². The van der Waals surface area contributed by atoms with Crippen LogP contribution in [0.1, 0.15) is 156 Å². The molecule has 3 atom stereocenters.